The van der Waals surface area contributed by atoms with Crippen molar-refractivity contribution in [1.29, 1.82) is 0 Å². The van der Waals surface area contributed by atoms with Crippen LogP contribution in [0.15, 0.2) is 71.6 Å². The summed E-state index contributed by atoms with van der Waals surface area (Å²) in [5, 5.41) is 11.7. The molecule has 3 aromatic carbocycles. The molecule has 2 heteroatoms. The highest BCUT2D eigenvalue weighted by Crippen LogP contribution is 2.33. The summed E-state index contributed by atoms with van der Waals surface area (Å²) >= 11 is 1.79. The van der Waals surface area contributed by atoms with Gasteiger partial charge >= 0.3 is 0 Å². The van der Waals surface area contributed by atoms with Crippen molar-refractivity contribution >= 4 is 11.8 Å². The molecular formula is C21H19OS. The second kappa shape index (κ2) is 6.93. The van der Waals surface area contributed by atoms with Crippen LogP contribution in [-0.4, -0.2) is 0 Å². The first-order valence-corrected chi connectivity index (χ1v) is 8.68. The molecule has 0 fully saturated rings. The van der Waals surface area contributed by atoms with E-state index in [0.29, 0.717) is 0 Å². The molecule has 0 bridgehead atoms. The van der Waals surface area contributed by atoms with Crippen molar-refractivity contribution in [2.24, 2.45) is 0 Å². The Morgan fingerprint density at radius 2 is 1.52 bits per heavy atom. The highest BCUT2D eigenvalue weighted by molar-refractivity contribution is 7.98. The Kier molecular flexibility index (Phi) is 4.73. The minimum absolute atomic E-state index is 0.122. The van der Waals surface area contributed by atoms with Crippen molar-refractivity contribution in [3.05, 3.63) is 83.4 Å². The molecule has 0 N–H and O–H groups in total. The smallest absolute Gasteiger partial charge is 0.181 e. The Balaban J connectivity index is 1.86. The Morgan fingerprint density at radius 1 is 0.826 bits per heavy atom. The van der Waals surface area contributed by atoms with E-state index in [-0.39, 0.29) is 5.75 Å². The van der Waals surface area contributed by atoms with E-state index in [2.05, 4.69) is 48.5 Å². The predicted molar refractivity (Wildman–Crippen MR) is 97.5 cm³/mol. The summed E-state index contributed by atoms with van der Waals surface area (Å²) in [6.45, 7) is 3.88. The minimum atomic E-state index is 0.122. The highest BCUT2D eigenvalue weighted by atomic mass is 32.2. The lowest BCUT2D eigenvalue weighted by molar-refractivity contribution is 0.351. The minimum Gasteiger partial charge on any atom is -0.290 e. The van der Waals surface area contributed by atoms with Crippen LogP contribution in [0.4, 0.5) is 0 Å². The van der Waals surface area contributed by atoms with Crippen molar-refractivity contribution in [3.63, 3.8) is 0 Å². The number of rotatable bonds is 4. The van der Waals surface area contributed by atoms with Crippen molar-refractivity contribution < 1.29 is 5.11 Å². The van der Waals surface area contributed by atoms with Crippen LogP contribution >= 0.6 is 11.8 Å². The number of aryl methyl sites for hydroxylation is 2. The summed E-state index contributed by atoms with van der Waals surface area (Å²) in [5.74, 6) is 1.01. The second-order valence-electron chi connectivity index (χ2n) is 5.70. The van der Waals surface area contributed by atoms with E-state index >= 15 is 0 Å². The van der Waals surface area contributed by atoms with Crippen molar-refractivity contribution in [2.75, 3.05) is 0 Å². The van der Waals surface area contributed by atoms with Gasteiger partial charge in [-0.05, 0) is 53.8 Å². The van der Waals surface area contributed by atoms with E-state index in [1.165, 1.54) is 21.6 Å². The van der Waals surface area contributed by atoms with Crippen LogP contribution < -0.4 is 0 Å². The fourth-order valence-electron chi connectivity index (χ4n) is 2.62. The standard InChI is InChI=1S/C21H19OS/c1-15-13-21(16(2)12-20(15)22)23-14-18-10-6-7-11-19(18)17-8-4-3-5-9-17/h3-13H,14H2,1-2H3. The van der Waals surface area contributed by atoms with Crippen LogP contribution in [0.3, 0.4) is 0 Å². The van der Waals surface area contributed by atoms with Gasteiger partial charge in [0.2, 0.25) is 0 Å². The average molecular weight is 319 g/mol. The van der Waals surface area contributed by atoms with Gasteiger partial charge in [0, 0.05) is 10.6 Å². The van der Waals surface area contributed by atoms with Crippen LogP contribution in [0, 0.1) is 13.8 Å². The molecule has 0 atom stereocenters. The molecule has 23 heavy (non-hydrogen) atoms. The third kappa shape index (κ3) is 3.59. The normalized spacial score (nSPS) is 10.7. The topological polar surface area (TPSA) is 19.9 Å². The molecule has 0 unspecified atom stereocenters. The molecule has 1 nitrogen and oxygen atoms in total. The maximum absolute atomic E-state index is 11.7. The average Bonchev–Trinajstić information content (AvgIpc) is 2.58. The Hall–Kier alpha value is -2.19. The van der Waals surface area contributed by atoms with Gasteiger partial charge in [-0.3, -0.25) is 5.11 Å². The Morgan fingerprint density at radius 3 is 2.30 bits per heavy atom. The fourth-order valence-corrected chi connectivity index (χ4v) is 3.73. The number of benzene rings is 3. The SMILES string of the molecule is Cc1cc(SCc2ccccc2-c2ccccc2)c(C)cc1[O]. The molecule has 0 aliphatic rings. The first-order chi connectivity index (χ1) is 11.1. The molecule has 1 radical (unpaired) electrons. The first kappa shape index (κ1) is 15.7. The molecule has 0 aromatic heterocycles. The van der Waals surface area contributed by atoms with Crippen LogP contribution in [0.25, 0.3) is 11.1 Å². The zero-order valence-corrected chi connectivity index (χ0v) is 14.2. The summed E-state index contributed by atoms with van der Waals surface area (Å²) in [6.07, 6.45) is 0. The molecule has 0 aliphatic heterocycles. The molecule has 115 valence electrons. The van der Waals surface area contributed by atoms with E-state index in [9.17, 15) is 5.11 Å². The van der Waals surface area contributed by atoms with Gasteiger partial charge in [0.25, 0.3) is 0 Å². The molecule has 0 saturated heterocycles. The highest BCUT2D eigenvalue weighted by Gasteiger charge is 2.08. The number of thioether (sulfide) groups is 1. The van der Waals surface area contributed by atoms with Gasteiger partial charge in [0.15, 0.2) is 5.75 Å². The van der Waals surface area contributed by atoms with E-state index < -0.39 is 0 Å². The largest absolute Gasteiger partial charge is 0.290 e. The van der Waals surface area contributed by atoms with Crippen LogP contribution in [0.5, 0.6) is 5.75 Å². The van der Waals surface area contributed by atoms with E-state index in [1.54, 1.807) is 17.8 Å². The fraction of sp³-hybridized carbons (Fsp3) is 0.143. The molecule has 3 aromatic rings. The van der Waals surface area contributed by atoms with Gasteiger partial charge in [0.1, 0.15) is 0 Å². The lowest BCUT2D eigenvalue weighted by atomic mass is 10.0. The summed E-state index contributed by atoms with van der Waals surface area (Å²) in [7, 11) is 0. The second-order valence-corrected chi connectivity index (χ2v) is 6.71. The Bertz CT molecular complexity index is 809. The molecule has 0 aliphatic carbocycles. The molecule has 0 amide bonds. The zero-order chi connectivity index (χ0) is 16.2. The Labute approximate surface area is 142 Å². The maximum Gasteiger partial charge on any atom is 0.181 e. The van der Waals surface area contributed by atoms with Crippen molar-refractivity contribution in [2.45, 2.75) is 24.5 Å². The van der Waals surface area contributed by atoms with E-state index in [1.807, 2.05) is 26.0 Å². The predicted octanol–water partition coefficient (Wildman–Crippen LogP) is 6.41. The first-order valence-electron chi connectivity index (χ1n) is 7.69. The third-order valence-corrected chi connectivity index (χ3v) is 5.16. The molecule has 3 rings (SSSR count). The lowest BCUT2D eigenvalue weighted by Crippen LogP contribution is -1.89. The van der Waals surface area contributed by atoms with E-state index in [0.717, 1.165) is 16.9 Å². The lowest BCUT2D eigenvalue weighted by Gasteiger charge is -2.11. The van der Waals surface area contributed by atoms with Gasteiger partial charge in [0.05, 0.1) is 0 Å². The third-order valence-electron chi connectivity index (χ3n) is 3.96. The zero-order valence-electron chi connectivity index (χ0n) is 13.4. The van der Waals surface area contributed by atoms with Gasteiger partial charge in [-0.2, -0.15) is 0 Å². The number of hydrogen-bond donors (Lipinski definition) is 0. The molecule has 0 saturated carbocycles. The summed E-state index contributed by atoms with van der Waals surface area (Å²) in [5.41, 5.74) is 5.70. The van der Waals surface area contributed by atoms with Crippen LogP contribution in [-0.2, 0) is 10.9 Å². The quantitative estimate of drug-likeness (QED) is 0.509. The molecule has 0 heterocycles. The molecule has 0 spiro atoms. The maximum atomic E-state index is 11.7. The van der Waals surface area contributed by atoms with E-state index in [4.69, 9.17) is 0 Å². The van der Waals surface area contributed by atoms with Gasteiger partial charge in [-0.25, -0.2) is 0 Å². The van der Waals surface area contributed by atoms with Gasteiger partial charge in [-0.1, -0.05) is 54.6 Å². The summed E-state index contributed by atoms with van der Waals surface area (Å²) in [6, 6.07) is 22.7. The molecular weight excluding hydrogens is 300 g/mol. The summed E-state index contributed by atoms with van der Waals surface area (Å²) in [4.78, 5) is 1.19. The number of hydrogen-bond acceptors (Lipinski definition) is 1. The van der Waals surface area contributed by atoms with Gasteiger partial charge in [-0.15, -0.1) is 11.8 Å². The monoisotopic (exact) mass is 319 g/mol. The van der Waals surface area contributed by atoms with Crippen molar-refractivity contribution in [1.82, 2.24) is 0 Å². The van der Waals surface area contributed by atoms with Gasteiger partial charge < -0.3 is 0 Å². The van der Waals surface area contributed by atoms with Crippen LogP contribution in [0.2, 0.25) is 0 Å². The van der Waals surface area contributed by atoms with Crippen molar-refractivity contribution in [3.8, 4) is 16.9 Å². The summed E-state index contributed by atoms with van der Waals surface area (Å²) < 4.78 is 0. The van der Waals surface area contributed by atoms with Crippen LogP contribution in [0.1, 0.15) is 16.7 Å².